The average molecular weight is 584 g/mol. The Labute approximate surface area is 238 Å². The third-order valence-corrected chi connectivity index (χ3v) is 10.8. The van der Waals surface area contributed by atoms with E-state index in [4.69, 9.17) is 9.47 Å². The van der Waals surface area contributed by atoms with E-state index in [0.717, 1.165) is 32.4 Å². The first-order valence-corrected chi connectivity index (χ1v) is 15.4. The molecule has 1 amide bonds. The third-order valence-electron chi connectivity index (χ3n) is 7.68. The number of hydrogen-bond acceptors (Lipinski definition) is 7. The number of benzene rings is 1. The Morgan fingerprint density at radius 1 is 1.12 bits per heavy atom. The van der Waals surface area contributed by atoms with Crippen LogP contribution in [0.15, 0.2) is 29.2 Å². The van der Waals surface area contributed by atoms with Crippen LogP contribution in [0.2, 0.25) is 0 Å². The molecule has 1 aromatic carbocycles. The van der Waals surface area contributed by atoms with Crippen LogP contribution in [0.1, 0.15) is 50.2 Å². The second kappa shape index (κ2) is 10.6. The van der Waals surface area contributed by atoms with E-state index in [9.17, 15) is 18.0 Å². The standard InChI is InChI=1S/C29H33N3O6S2/c1-7-31-25-9-8-22(40(35,36)30-10-12-38-13-11-30)16-23(25)24(27(31)33)15-21-14-17(2)32(19(21)4)28-26(29(34)37-6)18(3)20(5)39-28/h8-9,14-16H,7,10-13H2,1-6H3/b24-15-. The summed E-state index contributed by atoms with van der Waals surface area (Å²) in [4.78, 5) is 29.1. The van der Waals surface area contributed by atoms with Crippen molar-refractivity contribution in [3.63, 3.8) is 0 Å². The summed E-state index contributed by atoms with van der Waals surface area (Å²) in [6.07, 6.45) is 1.83. The van der Waals surface area contributed by atoms with E-state index in [2.05, 4.69) is 0 Å². The van der Waals surface area contributed by atoms with Crippen molar-refractivity contribution in [2.75, 3.05) is 44.9 Å². The van der Waals surface area contributed by atoms with Crippen molar-refractivity contribution in [2.24, 2.45) is 0 Å². The fraction of sp³-hybridized carbons (Fsp3) is 0.379. The number of rotatable bonds is 6. The fourth-order valence-electron chi connectivity index (χ4n) is 5.40. The molecule has 1 fully saturated rings. The summed E-state index contributed by atoms with van der Waals surface area (Å²) in [5.74, 6) is -0.571. The Hall–Kier alpha value is -3.25. The molecule has 3 aromatic rings. The second-order valence-electron chi connectivity index (χ2n) is 9.92. The Balaban J connectivity index is 1.63. The quantitative estimate of drug-likeness (QED) is 0.313. The number of morpholine rings is 1. The van der Waals surface area contributed by atoms with Gasteiger partial charge >= 0.3 is 5.97 Å². The van der Waals surface area contributed by atoms with Crippen molar-refractivity contribution in [3.05, 3.63) is 62.8 Å². The monoisotopic (exact) mass is 583 g/mol. The van der Waals surface area contributed by atoms with Crippen LogP contribution in [0.5, 0.6) is 0 Å². The lowest BCUT2D eigenvalue weighted by molar-refractivity contribution is -0.112. The van der Waals surface area contributed by atoms with Gasteiger partial charge in [-0.15, -0.1) is 11.3 Å². The smallest absolute Gasteiger partial charge is 0.341 e. The fourth-order valence-corrected chi connectivity index (χ4v) is 8.09. The summed E-state index contributed by atoms with van der Waals surface area (Å²) in [6, 6.07) is 6.88. The molecule has 212 valence electrons. The molecule has 0 radical (unpaired) electrons. The van der Waals surface area contributed by atoms with Crippen LogP contribution in [0.4, 0.5) is 5.69 Å². The number of methoxy groups -OCH3 is 1. The highest BCUT2D eigenvalue weighted by Gasteiger charge is 2.35. The number of likely N-dealkylation sites (N-methyl/N-ethyl adjacent to an activating group) is 1. The van der Waals surface area contributed by atoms with Crippen LogP contribution in [-0.4, -0.2) is 69.1 Å². The maximum Gasteiger partial charge on any atom is 0.341 e. The summed E-state index contributed by atoms with van der Waals surface area (Å²) in [7, 11) is -2.36. The number of anilines is 1. The first-order valence-electron chi connectivity index (χ1n) is 13.1. The highest BCUT2D eigenvalue weighted by molar-refractivity contribution is 7.89. The highest BCUT2D eigenvalue weighted by atomic mass is 32.2. The molecule has 0 aliphatic carbocycles. The molecule has 2 aromatic heterocycles. The van der Waals surface area contributed by atoms with Crippen molar-refractivity contribution in [1.29, 1.82) is 0 Å². The molecule has 0 N–H and O–H groups in total. The van der Waals surface area contributed by atoms with Crippen LogP contribution >= 0.6 is 11.3 Å². The van der Waals surface area contributed by atoms with Crippen molar-refractivity contribution < 1.29 is 27.5 Å². The molecule has 4 heterocycles. The number of esters is 1. The number of nitrogens with zero attached hydrogens (tertiary/aromatic N) is 3. The molecule has 9 nitrogen and oxygen atoms in total. The predicted octanol–water partition coefficient (Wildman–Crippen LogP) is 4.49. The molecule has 0 spiro atoms. The van der Waals surface area contributed by atoms with Crippen molar-refractivity contribution >= 4 is 50.6 Å². The molecular formula is C29H33N3O6S2. The van der Waals surface area contributed by atoms with Gasteiger partial charge < -0.3 is 18.9 Å². The van der Waals surface area contributed by atoms with Crippen molar-refractivity contribution in [1.82, 2.24) is 8.87 Å². The molecule has 0 bridgehead atoms. The maximum atomic E-state index is 13.6. The summed E-state index contributed by atoms with van der Waals surface area (Å²) in [6.45, 7) is 11.4. The van der Waals surface area contributed by atoms with Gasteiger partial charge in [0.2, 0.25) is 10.0 Å². The number of ether oxygens (including phenoxy) is 2. The third kappa shape index (κ3) is 4.50. The minimum atomic E-state index is -3.74. The minimum absolute atomic E-state index is 0.155. The molecule has 40 heavy (non-hydrogen) atoms. The van der Waals surface area contributed by atoms with Gasteiger partial charge in [0.15, 0.2) is 0 Å². The van der Waals surface area contributed by atoms with Crippen LogP contribution in [0.25, 0.3) is 16.7 Å². The van der Waals surface area contributed by atoms with Gasteiger partial charge in [-0.3, -0.25) is 4.79 Å². The van der Waals surface area contributed by atoms with E-state index in [1.165, 1.54) is 22.8 Å². The number of aromatic nitrogens is 1. The molecule has 11 heteroatoms. The number of carbonyl (C=O) groups excluding carboxylic acids is 2. The second-order valence-corrected chi connectivity index (χ2v) is 13.1. The van der Waals surface area contributed by atoms with Gasteiger partial charge in [-0.1, -0.05) is 0 Å². The summed E-state index contributed by atoms with van der Waals surface area (Å²) < 4.78 is 40.6. The van der Waals surface area contributed by atoms with Crippen LogP contribution in [0.3, 0.4) is 0 Å². The predicted molar refractivity (Wildman–Crippen MR) is 156 cm³/mol. The first kappa shape index (κ1) is 28.3. The normalized spacial score (nSPS) is 17.1. The number of aryl methyl sites for hydroxylation is 2. The molecular weight excluding hydrogens is 550 g/mol. The first-order chi connectivity index (χ1) is 19.0. The van der Waals surface area contributed by atoms with Crippen molar-refractivity contribution in [3.8, 4) is 5.00 Å². The molecule has 2 aliphatic rings. The average Bonchev–Trinajstić information content (AvgIpc) is 3.50. The SMILES string of the molecule is CCN1C(=O)/C(=C\c2cc(C)n(-c3sc(C)c(C)c3C(=O)OC)c2C)c2cc(S(=O)(=O)N3CCOCC3)ccc21. The number of fused-ring (bicyclic) bond motifs is 1. The van der Waals surface area contributed by atoms with Gasteiger partial charge in [-0.2, -0.15) is 4.31 Å². The number of amides is 1. The number of hydrogen-bond donors (Lipinski definition) is 0. The van der Waals surface area contributed by atoms with E-state index in [1.807, 2.05) is 51.3 Å². The molecule has 1 saturated heterocycles. The lowest BCUT2D eigenvalue weighted by Gasteiger charge is -2.26. The molecule has 0 atom stereocenters. The Morgan fingerprint density at radius 3 is 2.48 bits per heavy atom. The summed E-state index contributed by atoms with van der Waals surface area (Å²) in [5, 5.41) is 0.772. The van der Waals surface area contributed by atoms with E-state index in [1.54, 1.807) is 23.1 Å². The van der Waals surface area contributed by atoms with Crippen molar-refractivity contribution in [2.45, 2.75) is 39.5 Å². The Bertz CT molecular complexity index is 1660. The van der Waals surface area contributed by atoms with Gasteiger partial charge in [0, 0.05) is 47.0 Å². The molecule has 2 aliphatic heterocycles. The number of carbonyl (C=O) groups is 2. The van der Waals surface area contributed by atoms with E-state index < -0.39 is 16.0 Å². The topological polar surface area (TPSA) is 98.2 Å². The lowest BCUT2D eigenvalue weighted by Crippen LogP contribution is -2.40. The summed E-state index contributed by atoms with van der Waals surface area (Å²) >= 11 is 1.52. The summed E-state index contributed by atoms with van der Waals surface area (Å²) in [5.41, 5.74) is 5.69. The van der Waals surface area contributed by atoms with Gasteiger partial charge in [0.1, 0.15) is 5.00 Å². The largest absolute Gasteiger partial charge is 0.465 e. The molecule has 5 rings (SSSR count). The lowest BCUT2D eigenvalue weighted by atomic mass is 10.0. The molecule has 0 saturated carbocycles. The van der Waals surface area contributed by atoms with Gasteiger partial charge in [0.05, 0.1) is 36.5 Å². The maximum absolute atomic E-state index is 13.6. The number of thiophene rings is 1. The Kier molecular flexibility index (Phi) is 7.51. The zero-order valence-corrected chi connectivity index (χ0v) is 25.2. The molecule has 0 unspecified atom stereocenters. The van der Waals surface area contributed by atoms with Crippen LogP contribution in [-0.2, 0) is 24.3 Å². The zero-order chi connectivity index (χ0) is 28.9. The van der Waals surface area contributed by atoms with E-state index in [0.29, 0.717) is 55.2 Å². The Morgan fingerprint density at radius 2 is 1.82 bits per heavy atom. The van der Waals surface area contributed by atoms with Crippen LogP contribution in [0, 0.1) is 27.7 Å². The van der Waals surface area contributed by atoms with E-state index in [-0.39, 0.29) is 10.8 Å². The van der Waals surface area contributed by atoms with Crippen LogP contribution < -0.4 is 4.90 Å². The highest BCUT2D eigenvalue weighted by Crippen LogP contribution is 2.41. The van der Waals surface area contributed by atoms with E-state index >= 15 is 0 Å². The van der Waals surface area contributed by atoms with Gasteiger partial charge in [-0.25, -0.2) is 13.2 Å². The minimum Gasteiger partial charge on any atom is -0.465 e. The zero-order valence-electron chi connectivity index (χ0n) is 23.5. The number of sulfonamides is 1. The van der Waals surface area contributed by atoms with Gasteiger partial charge in [-0.05, 0) is 76.1 Å². The van der Waals surface area contributed by atoms with Gasteiger partial charge in [0.25, 0.3) is 5.91 Å².